The fourth-order valence-electron chi connectivity index (χ4n) is 3.70. The van der Waals surface area contributed by atoms with Gasteiger partial charge in [-0.25, -0.2) is 4.98 Å². The van der Waals surface area contributed by atoms with Gasteiger partial charge in [-0.2, -0.15) is 0 Å². The SMILES string of the molecule is CC1(C)CN(C(=O)c2ccccc2SCc2cn3ccccc3n2)CCC1N.Cl.Cl. The standard InChI is InChI=1S/C22H26N4OS.2ClH/c1-22(2)15-26(12-10-19(22)23)21(27)17-7-3-4-8-18(17)28-14-16-13-25-11-6-5-9-20(25)24-16;;/h3-9,11,13,19H,10,12,14-15,23H2,1-2H3;2*1H. The number of benzene rings is 1. The minimum Gasteiger partial charge on any atom is -0.338 e. The van der Waals surface area contributed by atoms with Gasteiger partial charge >= 0.3 is 0 Å². The molecule has 0 saturated carbocycles. The first-order valence-corrected chi connectivity index (χ1v) is 10.6. The van der Waals surface area contributed by atoms with Crippen LogP contribution in [-0.4, -0.2) is 39.3 Å². The van der Waals surface area contributed by atoms with Crippen molar-refractivity contribution in [1.82, 2.24) is 14.3 Å². The van der Waals surface area contributed by atoms with Gasteiger partial charge in [0.1, 0.15) is 5.65 Å². The second-order valence-corrected chi connectivity index (χ2v) is 9.11. The number of likely N-dealkylation sites (tertiary alicyclic amines) is 1. The quantitative estimate of drug-likeness (QED) is 0.567. The molecule has 0 spiro atoms. The minimum atomic E-state index is -0.0630. The van der Waals surface area contributed by atoms with Gasteiger partial charge in [0.15, 0.2) is 0 Å². The number of imidazole rings is 1. The molecule has 1 aromatic carbocycles. The van der Waals surface area contributed by atoms with Gasteiger partial charge < -0.3 is 15.0 Å². The van der Waals surface area contributed by atoms with Gasteiger partial charge in [0.25, 0.3) is 5.91 Å². The first-order chi connectivity index (χ1) is 13.4. The Morgan fingerprint density at radius 1 is 1.20 bits per heavy atom. The number of nitrogens with two attached hydrogens (primary N) is 1. The summed E-state index contributed by atoms with van der Waals surface area (Å²) >= 11 is 1.66. The molecule has 2 N–H and O–H groups in total. The maximum absolute atomic E-state index is 13.2. The highest BCUT2D eigenvalue weighted by Crippen LogP contribution is 2.31. The van der Waals surface area contributed by atoms with E-state index in [-0.39, 0.29) is 42.2 Å². The van der Waals surface area contributed by atoms with E-state index >= 15 is 0 Å². The summed E-state index contributed by atoms with van der Waals surface area (Å²) in [5, 5.41) is 0. The zero-order valence-corrected chi connectivity index (χ0v) is 19.6. The molecule has 1 unspecified atom stereocenters. The summed E-state index contributed by atoms with van der Waals surface area (Å²) < 4.78 is 2.02. The number of amides is 1. The van der Waals surface area contributed by atoms with Crippen LogP contribution in [0, 0.1) is 5.41 Å². The predicted molar refractivity (Wildman–Crippen MR) is 128 cm³/mol. The zero-order chi connectivity index (χ0) is 19.7. The maximum atomic E-state index is 13.2. The Bertz CT molecular complexity index is 974. The molecule has 3 heterocycles. The Labute approximate surface area is 194 Å². The number of halogens is 2. The molecule has 8 heteroatoms. The molecule has 162 valence electrons. The van der Waals surface area contributed by atoms with Crippen molar-refractivity contribution < 1.29 is 4.79 Å². The Balaban J connectivity index is 0.00000160. The van der Waals surface area contributed by atoms with Crippen molar-refractivity contribution >= 4 is 48.1 Å². The van der Waals surface area contributed by atoms with Crippen LogP contribution in [0.1, 0.15) is 36.3 Å². The monoisotopic (exact) mass is 466 g/mol. The molecule has 5 nitrogen and oxygen atoms in total. The number of nitrogens with zero attached hydrogens (tertiary/aromatic N) is 3. The van der Waals surface area contributed by atoms with Gasteiger partial charge in [-0.15, -0.1) is 36.6 Å². The predicted octanol–water partition coefficient (Wildman–Crippen LogP) is 4.67. The van der Waals surface area contributed by atoms with E-state index in [1.807, 2.05) is 64.2 Å². The van der Waals surface area contributed by atoms with Crippen molar-refractivity contribution in [2.24, 2.45) is 11.1 Å². The smallest absolute Gasteiger partial charge is 0.255 e. The fourth-order valence-corrected chi connectivity index (χ4v) is 4.62. The molecule has 1 saturated heterocycles. The molecule has 1 aliphatic rings. The molecule has 1 aliphatic heterocycles. The lowest BCUT2D eigenvalue weighted by molar-refractivity contribution is 0.0529. The van der Waals surface area contributed by atoms with Gasteiger partial charge in [0.05, 0.1) is 11.3 Å². The second-order valence-electron chi connectivity index (χ2n) is 8.09. The molecular weight excluding hydrogens is 439 g/mol. The Morgan fingerprint density at radius 2 is 1.93 bits per heavy atom. The number of piperidine rings is 1. The largest absolute Gasteiger partial charge is 0.338 e. The Morgan fingerprint density at radius 3 is 2.67 bits per heavy atom. The topological polar surface area (TPSA) is 63.6 Å². The van der Waals surface area contributed by atoms with Crippen molar-refractivity contribution in [1.29, 1.82) is 0 Å². The Hall–Kier alpha value is -1.73. The molecule has 1 amide bonds. The van der Waals surface area contributed by atoms with E-state index in [1.54, 1.807) is 11.8 Å². The molecule has 2 aromatic heterocycles. The van der Waals surface area contributed by atoms with Crippen LogP contribution in [0.5, 0.6) is 0 Å². The molecule has 3 aromatic rings. The van der Waals surface area contributed by atoms with Gasteiger partial charge in [-0.1, -0.05) is 32.0 Å². The van der Waals surface area contributed by atoms with Crippen LogP contribution in [0.15, 0.2) is 59.8 Å². The van der Waals surface area contributed by atoms with Gasteiger partial charge in [0.2, 0.25) is 0 Å². The number of carbonyl (C=O) groups is 1. The summed E-state index contributed by atoms with van der Waals surface area (Å²) in [7, 11) is 0. The van der Waals surface area contributed by atoms with Crippen molar-refractivity contribution in [3.63, 3.8) is 0 Å². The number of hydrogen-bond acceptors (Lipinski definition) is 4. The third-order valence-corrected chi connectivity index (χ3v) is 6.61. The maximum Gasteiger partial charge on any atom is 0.255 e. The summed E-state index contributed by atoms with van der Waals surface area (Å²) in [5.41, 5.74) is 8.88. The number of hydrogen-bond donors (Lipinski definition) is 1. The van der Waals surface area contributed by atoms with Crippen LogP contribution < -0.4 is 5.73 Å². The van der Waals surface area contributed by atoms with E-state index in [9.17, 15) is 4.79 Å². The number of pyridine rings is 1. The molecule has 0 radical (unpaired) electrons. The van der Waals surface area contributed by atoms with E-state index in [4.69, 9.17) is 5.73 Å². The summed E-state index contributed by atoms with van der Waals surface area (Å²) in [5.74, 6) is 0.820. The summed E-state index contributed by atoms with van der Waals surface area (Å²) in [6.45, 7) is 5.69. The van der Waals surface area contributed by atoms with E-state index in [0.717, 1.165) is 40.5 Å². The minimum absolute atomic E-state index is 0. The van der Waals surface area contributed by atoms with Crippen LogP contribution in [0.25, 0.3) is 5.65 Å². The molecule has 0 aliphatic carbocycles. The lowest BCUT2D eigenvalue weighted by Crippen LogP contribution is -2.54. The molecule has 1 fully saturated rings. The number of aromatic nitrogens is 2. The lowest BCUT2D eigenvalue weighted by atomic mass is 9.79. The Kier molecular flexibility index (Phi) is 8.22. The number of fused-ring (bicyclic) bond motifs is 1. The number of carbonyl (C=O) groups excluding carboxylic acids is 1. The number of rotatable bonds is 4. The molecular formula is C22H28Cl2N4OS. The van der Waals surface area contributed by atoms with Crippen molar-refractivity contribution in [3.8, 4) is 0 Å². The summed E-state index contributed by atoms with van der Waals surface area (Å²) in [6, 6.07) is 14.0. The third-order valence-electron chi connectivity index (χ3n) is 5.51. The van der Waals surface area contributed by atoms with Crippen molar-refractivity contribution in [3.05, 3.63) is 66.1 Å². The first-order valence-electron chi connectivity index (χ1n) is 9.63. The fraction of sp³-hybridized carbons (Fsp3) is 0.364. The number of thioether (sulfide) groups is 1. The van der Waals surface area contributed by atoms with Crippen LogP contribution in [0.2, 0.25) is 0 Å². The molecule has 0 bridgehead atoms. The van der Waals surface area contributed by atoms with E-state index < -0.39 is 0 Å². The van der Waals surface area contributed by atoms with Crippen molar-refractivity contribution in [2.75, 3.05) is 13.1 Å². The van der Waals surface area contributed by atoms with E-state index in [1.165, 1.54) is 0 Å². The van der Waals surface area contributed by atoms with Crippen molar-refractivity contribution in [2.45, 2.75) is 37.0 Å². The zero-order valence-electron chi connectivity index (χ0n) is 17.2. The second kappa shape index (κ2) is 10.1. The lowest BCUT2D eigenvalue weighted by Gasteiger charge is -2.42. The van der Waals surface area contributed by atoms with Gasteiger partial charge in [-0.05, 0) is 36.1 Å². The summed E-state index contributed by atoms with van der Waals surface area (Å²) in [4.78, 5) is 20.8. The van der Waals surface area contributed by atoms with E-state index in [0.29, 0.717) is 6.54 Å². The highest BCUT2D eigenvalue weighted by atomic mass is 35.5. The highest BCUT2D eigenvalue weighted by Gasteiger charge is 2.36. The van der Waals surface area contributed by atoms with E-state index in [2.05, 4.69) is 18.8 Å². The normalized spacial score (nSPS) is 17.8. The summed E-state index contributed by atoms with van der Waals surface area (Å²) in [6.07, 6.45) is 4.88. The van der Waals surface area contributed by atoms with Crippen LogP contribution in [0.3, 0.4) is 0 Å². The molecule has 1 atom stereocenters. The average Bonchev–Trinajstić information content (AvgIpc) is 3.11. The van der Waals surface area contributed by atoms with Gasteiger partial charge in [0, 0.05) is 42.2 Å². The van der Waals surface area contributed by atoms with Crippen LogP contribution in [-0.2, 0) is 5.75 Å². The van der Waals surface area contributed by atoms with Crippen LogP contribution >= 0.6 is 36.6 Å². The van der Waals surface area contributed by atoms with Gasteiger partial charge in [-0.3, -0.25) is 4.79 Å². The first kappa shape index (κ1) is 24.5. The average molecular weight is 467 g/mol. The third kappa shape index (κ3) is 5.11. The highest BCUT2D eigenvalue weighted by molar-refractivity contribution is 7.98. The molecule has 30 heavy (non-hydrogen) atoms. The molecule has 4 rings (SSSR count). The van der Waals surface area contributed by atoms with Crippen LogP contribution in [0.4, 0.5) is 0 Å².